The van der Waals surface area contributed by atoms with Crippen LogP contribution in [-0.2, 0) is 0 Å². The molecule has 0 heteroatoms. The molecule has 0 amide bonds. The van der Waals surface area contributed by atoms with Crippen molar-refractivity contribution in [3.8, 4) is 0 Å². The maximum Gasteiger partial charge on any atom is -0.0386 e. The fourth-order valence-electron chi connectivity index (χ4n) is 3.82. The minimum atomic E-state index is 1.00. The average Bonchev–Trinajstić information content (AvgIpc) is 2.26. The van der Waals surface area contributed by atoms with Crippen molar-refractivity contribution in [3.05, 3.63) is 0 Å². The van der Waals surface area contributed by atoms with Crippen molar-refractivity contribution < 1.29 is 0 Å². The summed E-state index contributed by atoms with van der Waals surface area (Å²) in [6.45, 7) is 2.46. The highest BCUT2D eigenvalue weighted by molar-refractivity contribution is 4.76. The molecular weight excluding hydrogens is 180 g/mol. The fourth-order valence-corrected chi connectivity index (χ4v) is 3.82. The second kappa shape index (κ2) is 5.92. The molecule has 0 spiro atoms. The first-order chi connectivity index (χ1) is 7.36. The van der Waals surface area contributed by atoms with E-state index in [1.54, 1.807) is 25.7 Å². The molecule has 2 saturated carbocycles. The van der Waals surface area contributed by atoms with Crippen LogP contribution in [0, 0.1) is 17.8 Å². The fraction of sp³-hybridized carbons (Fsp3) is 1.00. The van der Waals surface area contributed by atoms with E-state index in [1.165, 1.54) is 44.9 Å². The Morgan fingerprint density at radius 1 is 0.533 bits per heavy atom. The van der Waals surface area contributed by atoms with Gasteiger partial charge in [-0.3, -0.25) is 0 Å². The first kappa shape index (κ1) is 11.5. The monoisotopic (exact) mass is 208 g/mol. The van der Waals surface area contributed by atoms with Crippen molar-refractivity contribution >= 4 is 0 Å². The minimum absolute atomic E-state index is 1.00. The Morgan fingerprint density at radius 3 is 1.53 bits per heavy atom. The molecule has 0 heterocycles. The quantitative estimate of drug-likeness (QED) is 0.515. The molecule has 0 nitrogen and oxygen atoms in total. The van der Waals surface area contributed by atoms with Crippen molar-refractivity contribution in [2.24, 2.45) is 17.8 Å². The topological polar surface area (TPSA) is 0 Å². The molecule has 0 radical (unpaired) electrons. The Hall–Kier alpha value is 0. The molecule has 2 aliphatic rings. The molecule has 0 saturated heterocycles. The van der Waals surface area contributed by atoms with E-state index in [9.17, 15) is 0 Å². The number of rotatable bonds is 0. The predicted octanol–water partition coefficient (Wildman–Crippen LogP) is 5.17. The summed E-state index contributed by atoms with van der Waals surface area (Å²) in [6, 6.07) is 0. The van der Waals surface area contributed by atoms with Crippen LogP contribution in [-0.4, -0.2) is 0 Å². The van der Waals surface area contributed by atoms with E-state index < -0.39 is 0 Å². The van der Waals surface area contributed by atoms with Gasteiger partial charge in [0.25, 0.3) is 0 Å². The van der Waals surface area contributed by atoms with Gasteiger partial charge in [-0.25, -0.2) is 0 Å². The van der Waals surface area contributed by atoms with E-state index in [0.29, 0.717) is 0 Å². The van der Waals surface area contributed by atoms with Gasteiger partial charge in [-0.15, -0.1) is 0 Å². The third-order valence-corrected chi connectivity index (χ3v) is 4.86. The van der Waals surface area contributed by atoms with E-state index in [4.69, 9.17) is 0 Å². The molecule has 88 valence electrons. The molecule has 0 aliphatic heterocycles. The lowest BCUT2D eigenvalue weighted by Gasteiger charge is -2.33. The van der Waals surface area contributed by atoms with Crippen molar-refractivity contribution in [3.63, 3.8) is 0 Å². The largest absolute Gasteiger partial charge is 0.0625 e. The van der Waals surface area contributed by atoms with Crippen molar-refractivity contribution in [2.75, 3.05) is 0 Å². The molecule has 2 rings (SSSR count). The maximum absolute atomic E-state index is 2.46. The maximum atomic E-state index is 2.46. The highest BCUT2D eigenvalue weighted by atomic mass is 14.3. The van der Waals surface area contributed by atoms with Gasteiger partial charge in [0, 0.05) is 0 Å². The zero-order valence-electron chi connectivity index (χ0n) is 10.5. The van der Waals surface area contributed by atoms with Gasteiger partial charge in [0.05, 0.1) is 0 Å². The van der Waals surface area contributed by atoms with Gasteiger partial charge in [-0.05, 0) is 17.8 Å². The normalized spacial score (nSPS) is 39.4. The smallest absolute Gasteiger partial charge is 0.0386 e. The van der Waals surface area contributed by atoms with E-state index in [0.717, 1.165) is 17.8 Å². The Morgan fingerprint density at radius 2 is 0.933 bits per heavy atom. The molecule has 0 aromatic heterocycles. The van der Waals surface area contributed by atoms with Crippen LogP contribution in [0.2, 0.25) is 0 Å². The number of hydrogen-bond donors (Lipinski definition) is 0. The minimum Gasteiger partial charge on any atom is -0.0625 e. The van der Waals surface area contributed by atoms with Crippen LogP contribution < -0.4 is 0 Å². The van der Waals surface area contributed by atoms with Crippen LogP contribution in [0.5, 0.6) is 0 Å². The zero-order valence-corrected chi connectivity index (χ0v) is 10.5. The van der Waals surface area contributed by atoms with E-state index in [2.05, 4.69) is 6.92 Å². The lowest BCUT2D eigenvalue weighted by molar-refractivity contribution is 0.192. The van der Waals surface area contributed by atoms with Crippen LogP contribution in [0.3, 0.4) is 0 Å². The Labute approximate surface area is 95.8 Å². The molecule has 0 bridgehead atoms. The summed E-state index contributed by atoms with van der Waals surface area (Å²) in [5.41, 5.74) is 0. The summed E-state index contributed by atoms with van der Waals surface area (Å²) in [5, 5.41) is 0. The van der Waals surface area contributed by atoms with Crippen LogP contribution in [0.1, 0.15) is 77.6 Å². The molecule has 3 unspecified atom stereocenters. The molecule has 15 heavy (non-hydrogen) atoms. The summed E-state index contributed by atoms with van der Waals surface area (Å²) in [7, 11) is 0. The highest BCUT2D eigenvalue weighted by Crippen LogP contribution is 2.38. The van der Waals surface area contributed by atoms with Crippen LogP contribution in [0.15, 0.2) is 0 Å². The zero-order chi connectivity index (χ0) is 10.5. The summed E-state index contributed by atoms with van der Waals surface area (Å²) in [5.74, 6) is 3.24. The van der Waals surface area contributed by atoms with Gasteiger partial charge in [0.15, 0.2) is 0 Å². The summed E-state index contributed by atoms with van der Waals surface area (Å²) in [4.78, 5) is 0. The lowest BCUT2D eigenvalue weighted by atomic mass is 9.73. The van der Waals surface area contributed by atoms with Gasteiger partial charge in [-0.2, -0.15) is 0 Å². The van der Waals surface area contributed by atoms with Crippen molar-refractivity contribution in [2.45, 2.75) is 77.6 Å². The molecule has 0 aromatic carbocycles. The summed E-state index contributed by atoms with van der Waals surface area (Å²) >= 11 is 0. The molecule has 3 atom stereocenters. The summed E-state index contributed by atoms with van der Waals surface area (Å²) < 4.78 is 0. The molecule has 0 aromatic rings. The van der Waals surface area contributed by atoms with Gasteiger partial charge in [-0.1, -0.05) is 77.6 Å². The summed E-state index contributed by atoms with van der Waals surface area (Å²) in [6.07, 6.45) is 16.8. The SMILES string of the molecule is CC1CCCCC2CCCCC2CCC1. The second-order valence-corrected chi connectivity index (χ2v) is 6.13. The first-order valence-electron chi connectivity index (χ1n) is 7.36. The van der Waals surface area contributed by atoms with Crippen molar-refractivity contribution in [1.82, 2.24) is 0 Å². The number of hydrogen-bond acceptors (Lipinski definition) is 0. The van der Waals surface area contributed by atoms with Crippen LogP contribution in [0.25, 0.3) is 0 Å². The van der Waals surface area contributed by atoms with Crippen LogP contribution >= 0.6 is 0 Å². The Bertz CT molecular complexity index is 173. The predicted molar refractivity (Wildman–Crippen MR) is 66.9 cm³/mol. The Balaban J connectivity index is 1.85. The van der Waals surface area contributed by atoms with Crippen molar-refractivity contribution in [1.29, 1.82) is 0 Å². The third kappa shape index (κ3) is 3.50. The van der Waals surface area contributed by atoms with E-state index >= 15 is 0 Å². The van der Waals surface area contributed by atoms with Gasteiger partial charge in [0.2, 0.25) is 0 Å². The first-order valence-corrected chi connectivity index (χ1v) is 7.36. The third-order valence-electron chi connectivity index (χ3n) is 4.86. The molecule has 0 N–H and O–H groups in total. The second-order valence-electron chi connectivity index (χ2n) is 6.13. The molecule has 2 aliphatic carbocycles. The molecular formula is C15H28. The van der Waals surface area contributed by atoms with Gasteiger partial charge < -0.3 is 0 Å². The van der Waals surface area contributed by atoms with E-state index in [1.807, 2.05) is 0 Å². The van der Waals surface area contributed by atoms with E-state index in [-0.39, 0.29) is 0 Å². The average molecular weight is 208 g/mol. The standard InChI is InChI=1S/C15H28/c1-13-7-2-3-9-14-10-4-5-11-15(14)12-6-8-13/h13-15H,2-12H2,1H3. The highest BCUT2D eigenvalue weighted by Gasteiger charge is 2.24. The Kier molecular flexibility index (Phi) is 4.53. The number of fused-ring (bicyclic) bond motifs is 1. The van der Waals surface area contributed by atoms with Gasteiger partial charge in [0.1, 0.15) is 0 Å². The van der Waals surface area contributed by atoms with Gasteiger partial charge >= 0.3 is 0 Å². The molecule has 2 fully saturated rings. The van der Waals surface area contributed by atoms with Crippen LogP contribution in [0.4, 0.5) is 0 Å². The lowest BCUT2D eigenvalue weighted by Crippen LogP contribution is -2.20.